The first kappa shape index (κ1) is 20.3. The zero-order chi connectivity index (χ0) is 22.1. The first-order chi connectivity index (χ1) is 15.6. The van der Waals surface area contributed by atoms with Crippen LogP contribution in [0.5, 0.6) is 0 Å². The molecule has 2 aromatic carbocycles. The number of rotatable bonds is 3. The fourth-order valence-corrected chi connectivity index (χ4v) is 4.90. The van der Waals surface area contributed by atoms with Crippen molar-refractivity contribution in [1.82, 2.24) is 14.8 Å². The third-order valence-electron chi connectivity index (χ3n) is 6.51. The molecular formula is C25H24N4O3. The lowest BCUT2D eigenvalue weighted by atomic mass is 9.92. The number of carbonyl (C=O) groups is 1. The van der Waals surface area contributed by atoms with Gasteiger partial charge in [0.05, 0.1) is 16.5 Å². The Morgan fingerprint density at radius 2 is 1.50 bits per heavy atom. The van der Waals surface area contributed by atoms with E-state index in [0.29, 0.717) is 13.1 Å². The van der Waals surface area contributed by atoms with Crippen LogP contribution in [0.4, 0.5) is 5.69 Å². The maximum absolute atomic E-state index is 13.0. The van der Waals surface area contributed by atoms with E-state index in [4.69, 9.17) is 0 Å². The van der Waals surface area contributed by atoms with Crippen LogP contribution in [0.1, 0.15) is 38.7 Å². The monoisotopic (exact) mass is 428 g/mol. The number of piperazine rings is 1. The van der Waals surface area contributed by atoms with E-state index in [-0.39, 0.29) is 23.2 Å². The van der Waals surface area contributed by atoms with E-state index >= 15 is 0 Å². The van der Waals surface area contributed by atoms with Crippen molar-refractivity contribution in [2.75, 3.05) is 26.2 Å². The highest BCUT2D eigenvalue weighted by Gasteiger charge is 2.32. The van der Waals surface area contributed by atoms with Crippen LogP contribution < -0.4 is 0 Å². The fraction of sp³-hybridized carbons (Fsp3) is 0.280. The largest absolute Gasteiger partial charge is 0.336 e. The lowest BCUT2D eigenvalue weighted by Crippen LogP contribution is -2.50. The third kappa shape index (κ3) is 3.76. The van der Waals surface area contributed by atoms with Gasteiger partial charge in [0.15, 0.2) is 0 Å². The van der Waals surface area contributed by atoms with Crippen molar-refractivity contribution in [2.24, 2.45) is 0 Å². The minimum atomic E-state index is -0.525. The number of hydrogen-bond donors (Lipinski definition) is 0. The lowest BCUT2D eigenvalue weighted by molar-refractivity contribution is -0.385. The van der Waals surface area contributed by atoms with Crippen molar-refractivity contribution in [3.8, 4) is 0 Å². The molecule has 5 rings (SSSR count). The molecule has 32 heavy (non-hydrogen) atoms. The second-order valence-electron chi connectivity index (χ2n) is 8.32. The normalized spacial score (nSPS) is 16.7. The minimum absolute atomic E-state index is 0.166. The number of amides is 1. The van der Waals surface area contributed by atoms with Gasteiger partial charge in [0.1, 0.15) is 6.20 Å². The summed E-state index contributed by atoms with van der Waals surface area (Å²) >= 11 is 0. The van der Waals surface area contributed by atoms with Crippen molar-refractivity contribution in [1.29, 1.82) is 0 Å². The Kier molecular flexibility index (Phi) is 5.41. The molecule has 1 saturated heterocycles. The second kappa shape index (κ2) is 8.51. The summed E-state index contributed by atoms with van der Waals surface area (Å²) in [6.07, 6.45) is 4.62. The number of fused-ring (bicyclic) bond motifs is 2. The lowest BCUT2D eigenvalue weighted by Gasteiger charge is -2.40. The molecule has 1 aliphatic carbocycles. The average molecular weight is 428 g/mol. The van der Waals surface area contributed by atoms with Crippen LogP contribution in [0.15, 0.2) is 67.0 Å². The Labute approximate surface area is 186 Å². The minimum Gasteiger partial charge on any atom is -0.336 e. The highest BCUT2D eigenvalue weighted by atomic mass is 16.6. The summed E-state index contributed by atoms with van der Waals surface area (Å²) < 4.78 is 0. The molecule has 0 N–H and O–H groups in total. The molecule has 1 aromatic heterocycles. The van der Waals surface area contributed by atoms with Gasteiger partial charge in [-0.3, -0.25) is 24.8 Å². The highest BCUT2D eigenvalue weighted by Crippen LogP contribution is 2.37. The van der Waals surface area contributed by atoms with E-state index in [1.165, 1.54) is 34.5 Å². The van der Waals surface area contributed by atoms with Crippen molar-refractivity contribution in [3.63, 3.8) is 0 Å². The molecule has 1 aliphatic heterocycles. The number of nitro groups is 1. The molecular weight excluding hydrogens is 404 g/mol. The zero-order valence-corrected chi connectivity index (χ0v) is 17.7. The summed E-state index contributed by atoms with van der Waals surface area (Å²) in [6.45, 7) is 2.62. The Morgan fingerprint density at radius 1 is 0.906 bits per heavy atom. The molecule has 7 heteroatoms. The molecule has 162 valence electrons. The van der Waals surface area contributed by atoms with Crippen LogP contribution >= 0.6 is 0 Å². The molecule has 0 unspecified atom stereocenters. The Bertz CT molecular complexity index is 1120. The van der Waals surface area contributed by atoms with Crippen molar-refractivity contribution >= 4 is 11.6 Å². The average Bonchev–Trinajstić information content (AvgIpc) is 3.01. The summed E-state index contributed by atoms with van der Waals surface area (Å²) in [5.41, 5.74) is 5.56. The topological polar surface area (TPSA) is 79.6 Å². The van der Waals surface area contributed by atoms with Gasteiger partial charge in [0.25, 0.3) is 11.6 Å². The first-order valence-electron chi connectivity index (χ1n) is 10.9. The molecule has 2 aliphatic rings. The molecule has 0 saturated carbocycles. The summed E-state index contributed by atoms with van der Waals surface area (Å²) in [5, 5.41) is 11.0. The van der Waals surface area contributed by atoms with Crippen LogP contribution in [-0.2, 0) is 12.8 Å². The van der Waals surface area contributed by atoms with Crippen molar-refractivity contribution < 1.29 is 9.72 Å². The van der Waals surface area contributed by atoms with Gasteiger partial charge in [-0.05, 0) is 35.1 Å². The van der Waals surface area contributed by atoms with Gasteiger partial charge in [-0.1, -0.05) is 48.5 Å². The summed E-state index contributed by atoms with van der Waals surface area (Å²) in [6, 6.07) is 18.8. The molecule has 7 nitrogen and oxygen atoms in total. The summed E-state index contributed by atoms with van der Waals surface area (Å²) in [4.78, 5) is 31.6. The maximum Gasteiger partial charge on any atom is 0.288 e. The van der Waals surface area contributed by atoms with Gasteiger partial charge in [-0.2, -0.15) is 0 Å². The predicted molar refractivity (Wildman–Crippen MR) is 121 cm³/mol. The number of benzene rings is 2. The van der Waals surface area contributed by atoms with Crippen LogP contribution in [-0.4, -0.2) is 51.8 Å². The maximum atomic E-state index is 13.0. The summed E-state index contributed by atoms with van der Waals surface area (Å²) in [7, 11) is 0. The van der Waals surface area contributed by atoms with E-state index in [9.17, 15) is 14.9 Å². The molecule has 0 atom stereocenters. The number of carbonyl (C=O) groups excluding carboxylic acids is 1. The molecule has 1 fully saturated rings. The number of pyridine rings is 1. The highest BCUT2D eigenvalue weighted by molar-refractivity contribution is 5.94. The van der Waals surface area contributed by atoms with Crippen LogP contribution in [0, 0.1) is 10.1 Å². The number of aryl methyl sites for hydroxylation is 2. The van der Waals surface area contributed by atoms with E-state index < -0.39 is 4.92 Å². The third-order valence-corrected chi connectivity index (χ3v) is 6.51. The van der Waals surface area contributed by atoms with Gasteiger partial charge in [0, 0.05) is 38.4 Å². The summed E-state index contributed by atoms with van der Waals surface area (Å²) in [5.74, 6) is -0.206. The van der Waals surface area contributed by atoms with Crippen molar-refractivity contribution in [2.45, 2.75) is 18.9 Å². The van der Waals surface area contributed by atoms with E-state index in [2.05, 4.69) is 58.4 Å². The number of nitrogens with zero attached hydrogens (tertiary/aromatic N) is 4. The van der Waals surface area contributed by atoms with Crippen LogP contribution in [0.3, 0.4) is 0 Å². The van der Waals surface area contributed by atoms with Gasteiger partial charge in [-0.15, -0.1) is 0 Å². The zero-order valence-electron chi connectivity index (χ0n) is 17.7. The van der Waals surface area contributed by atoms with Gasteiger partial charge < -0.3 is 4.90 Å². The van der Waals surface area contributed by atoms with E-state index in [1.54, 1.807) is 4.90 Å². The van der Waals surface area contributed by atoms with E-state index in [1.807, 2.05) is 0 Å². The quantitative estimate of drug-likeness (QED) is 0.470. The SMILES string of the molecule is O=C(c1cncc([N+](=O)[O-])c1)N1CCN(C2c3ccccc3CCc3ccccc32)CC1. The Hall–Kier alpha value is -3.58. The smallest absolute Gasteiger partial charge is 0.288 e. The molecule has 0 spiro atoms. The van der Waals surface area contributed by atoms with Crippen molar-refractivity contribution in [3.05, 3.63) is 105 Å². The molecule has 0 radical (unpaired) electrons. The Morgan fingerprint density at radius 3 is 2.09 bits per heavy atom. The molecule has 3 aromatic rings. The van der Waals surface area contributed by atoms with Crippen LogP contribution in [0.25, 0.3) is 0 Å². The van der Waals surface area contributed by atoms with Gasteiger partial charge in [-0.25, -0.2) is 0 Å². The number of hydrogen-bond acceptors (Lipinski definition) is 5. The fourth-order valence-electron chi connectivity index (χ4n) is 4.90. The van der Waals surface area contributed by atoms with Gasteiger partial charge >= 0.3 is 0 Å². The standard InChI is InChI=1S/C25H24N4O3/c30-25(20-15-21(29(31)32)17-26-16-20)28-13-11-27(12-14-28)24-22-7-3-1-5-18(22)9-10-19-6-2-4-8-23(19)24/h1-8,15-17,24H,9-14H2. The molecule has 2 heterocycles. The predicted octanol–water partition coefficient (Wildman–Crippen LogP) is 3.64. The first-order valence-corrected chi connectivity index (χ1v) is 10.9. The molecule has 0 bridgehead atoms. The van der Waals surface area contributed by atoms with E-state index in [0.717, 1.165) is 32.1 Å². The van der Waals surface area contributed by atoms with Crippen LogP contribution in [0.2, 0.25) is 0 Å². The second-order valence-corrected chi connectivity index (χ2v) is 8.32. The van der Waals surface area contributed by atoms with Gasteiger partial charge in [0.2, 0.25) is 0 Å². The number of aromatic nitrogens is 1. The molecule has 1 amide bonds. The Balaban J connectivity index is 1.38.